The van der Waals surface area contributed by atoms with Crippen LogP contribution < -0.4 is 10.6 Å². The van der Waals surface area contributed by atoms with Crippen LogP contribution in [0, 0.1) is 5.92 Å². The van der Waals surface area contributed by atoms with Crippen molar-refractivity contribution in [2.24, 2.45) is 5.92 Å². The first-order valence-corrected chi connectivity index (χ1v) is 7.52. The second kappa shape index (κ2) is 9.60. The van der Waals surface area contributed by atoms with Crippen molar-refractivity contribution in [1.29, 1.82) is 0 Å². The highest BCUT2D eigenvalue weighted by atomic mass is 16.6. The SMILES string of the molecule is CCOCCCNC(=O)C(NC(=O)OC(C)(C)C)C(C)C. The first kappa shape index (κ1) is 19.7. The Bertz CT molecular complexity index is 324. The van der Waals surface area contributed by atoms with Crippen LogP contribution >= 0.6 is 0 Å². The van der Waals surface area contributed by atoms with E-state index >= 15 is 0 Å². The minimum atomic E-state index is -0.605. The van der Waals surface area contributed by atoms with Crippen molar-refractivity contribution >= 4 is 12.0 Å². The van der Waals surface area contributed by atoms with Gasteiger partial charge in [0.25, 0.3) is 0 Å². The molecule has 0 aliphatic carbocycles. The fraction of sp³-hybridized carbons (Fsp3) is 0.867. The Kier molecular flexibility index (Phi) is 9.01. The third-order valence-electron chi connectivity index (χ3n) is 2.59. The number of alkyl carbamates (subject to hydrolysis) is 1. The average molecular weight is 302 g/mol. The van der Waals surface area contributed by atoms with Gasteiger partial charge >= 0.3 is 6.09 Å². The largest absolute Gasteiger partial charge is 0.444 e. The fourth-order valence-corrected chi connectivity index (χ4v) is 1.61. The van der Waals surface area contributed by atoms with E-state index in [2.05, 4.69) is 10.6 Å². The van der Waals surface area contributed by atoms with E-state index in [1.165, 1.54) is 0 Å². The van der Waals surface area contributed by atoms with Crippen molar-refractivity contribution in [3.63, 3.8) is 0 Å². The van der Waals surface area contributed by atoms with Gasteiger partial charge in [0.2, 0.25) is 5.91 Å². The molecule has 0 saturated carbocycles. The zero-order valence-electron chi connectivity index (χ0n) is 14.1. The number of carbonyl (C=O) groups is 2. The Labute approximate surface area is 127 Å². The average Bonchev–Trinajstić information content (AvgIpc) is 2.33. The lowest BCUT2D eigenvalue weighted by molar-refractivity contribution is -0.124. The first-order valence-electron chi connectivity index (χ1n) is 7.52. The molecule has 0 aromatic carbocycles. The van der Waals surface area contributed by atoms with Crippen LogP contribution in [0.4, 0.5) is 4.79 Å². The van der Waals surface area contributed by atoms with E-state index in [1.54, 1.807) is 20.8 Å². The lowest BCUT2D eigenvalue weighted by Crippen LogP contribution is -2.51. The molecule has 0 aromatic rings. The molecule has 0 fully saturated rings. The summed E-state index contributed by atoms with van der Waals surface area (Å²) in [5.41, 5.74) is -0.584. The molecular weight excluding hydrogens is 272 g/mol. The quantitative estimate of drug-likeness (QED) is 0.673. The molecule has 2 N–H and O–H groups in total. The number of amides is 2. The summed E-state index contributed by atoms with van der Waals surface area (Å²) in [6.45, 7) is 12.8. The lowest BCUT2D eigenvalue weighted by atomic mass is 10.0. The molecule has 0 saturated heterocycles. The van der Waals surface area contributed by atoms with Gasteiger partial charge in [0, 0.05) is 19.8 Å². The number of carbonyl (C=O) groups excluding carboxylic acids is 2. The van der Waals surface area contributed by atoms with Crippen LogP contribution in [0.25, 0.3) is 0 Å². The molecule has 1 unspecified atom stereocenters. The van der Waals surface area contributed by atoms with Gasteiger partial charge in [0.15, 0.2) is 0 Å². The van der Waals surface area contributed by atoms with Gasteiger partial charge in [-0.15, -0.1) is 0 Å². The molecular formula is C15H30N2O4. The van der Waals surface area contributed by atoms with E-state index in [-0.39, 0.29) is 11.8 Å². The van der Waals surface area contributed by atoms with Crippen molar-refractivity contribution in [2.75, 3.05) is 19.8 Å². The third kappa shape index (κ3) is 10.1. The highest BCUT2D eigenvalue weighted by molar-refractivity contribution is 5.85. The predicted molar refractivity (Wildman–Crippen MR) is 82.1 cm³/mol. The summed E-state index contributed by atoms with van der Waals surface area (Å²) in [6.07, 6.45) is 0.169. The molecule has 0 aliphatic heterocycles. The van der Waals surface area contributed by atoms with Crippen LogP contribution in [0.1, 0.15) is 48.0 Å². The van der Waals surface area contributed by atoms with Crippen LogP contribution in [-0.4, -0.2) is 43.4 Å². The predicted octanol–water partition coefficient (Wildman–Crippen LogP) is 2.08. The summed E-state index contributed by atoms with van der Waals surface area (Å²) in [6, 6.07) is -0.605. The van der Waals surface area contributed by atoms with Gasteiger partial charge in [-0.1, -0.05) is 13.8 Å². The zero-order chi connectivity index (χ0) is 16.5. The highest BCUT2D eigenvalue weighted by Gasteiger charge is 2.26. The normalized spacial score (nSPS) is 12.9. The van der Waals surface area contributed by atoms with Gasteiger partial charge in [0.1, 0.15) is 11.6 Å². The molecule has 2 amide bonds. The van der Waals surface area contributed by atoms with Crippen LogP contribution in [0.5, 0.6) is 0 Å². The van der Waals surface area contributed by atoms with Gasteiger partial charge < -0.3 is 20.1 Å². The summed E-state index contributed by atoms with van der Waals surface area (Å²) in [4.78, 5) is 23.9. The van der Waals surface area contributed by atoms with Crippen molar-refractivity contribution in [1.82, 2.24) is 10.6 Å². The Morgan fingerprint density at radius 2 is 1.81 bits per heavy atom. The fourth-order valence-electron chi connectivity index (χ4n) is 1.61. The van der Waals surface area contributed by atoms with Gasteiger partial charge in [0.05, 0.1) is 0 Å². The van der Waals surface area contributed by atoms with Gasteiger partial charge in [-0.2, -0.15) is 0 Å². The Hall–Kier alpha value is -1.30. The summed E-state index contributed by atoms with van der Waals surface area (Å²) < 4.78 is 10.4. The maximum absolute atomic E-state index is 12.1. The standard InChI is InChI=1S/C15H30N2O4/c1-7-20-10-8-9-16-13(18)12(11(2)3)17-14(19)21-15(4,5)6/h11-12H,7-10H2,1-6H3,(H,16,18)(H,17,19). The van der Waals surface area contributed by atoms with Crippen molar-refractivity contribution < 1.29 is 19.1 Å². The molecule has 21 heavy (non-hydrogen) atoms. The number of rotatable bonds is 8. The summed E-state index contributed by atoms with van der Waals surface area (Å²) >= 11 is 0. The highest BCUT2D eigenvalue weighted by Crippen LogP contribution is 2.08. The van der Waals surface area contributed by atoms with Crippen molar-refractivity contribution in [2.45, 2.75) is 59.6 Å². The lowest BCUT2D eigenvalue weighted by Gasteiger charge is -2.25. The van der Waals surface area contributed by atoms with Crippen molar-refractivity contribution in [3.05, 3.63) is 0 Å². The number of nitrogens with one attached hydrogen (secondary N) is 2. The minimum absolute atomic E-state index is 0.0237. The van der Waals surface area contributed by atoms with Crippen LogP contribution in [0.3, 0.4) is 0 Å². The third-order valence-corrected chi connectivity index (χ3v) is 2.59. The van der Waals surface area contributed by atoms with Gasteiger partial charge in [-0.05, 0) is 40.0 Å². The van der Waals surface area contributed by atoms with Gasteiger partial charge in [-0.3, -0.25) is 4.79 Å². The molecule has 6 heteroatoms. The molecule has 0 bridgehead atoms. The van der Waals surface area contributed by atoms with Crippen molar-refractivity contribution in [3.8, 4) is 0 Å². The molecule has 0 radical (unpaired) electrons. The topological polar surface area (TPSA) is 76.7 Å². The van der Waals surface area contributed by atoms with E-state index < -0.39 is 17.7 Å². The molecule has 1 atom stereocenters. The van der Waals surface area contributed by atoms with Crippen LogP contribution in [-0.2, 0) is 14.3 Å². The minimum Gasteiger partial charge on any atom is -0.444 e. The zero-order valence-corrected chi connectivity index (χ0v) is 14.1. The number of ether oxygens (including phenoxy) is 2. The smallest absolute Gasteiger partial charge is 0.408 e. The second-order valence-electron chi connectivity index (χ2n) is 6.21. The van der Waals surface area contributed by atoms with E-state index in [1.807, 2.05) is 20.8 Å². The van der Waals surface area contributed by atoms with E-state index in [0.29, 0.717) is 19.8 Å². The molecule has 0 rings (SSSR count). The Morgan fingerprint density at radius 3 is 2.29 bits per heavy atom. The van der Waals surface area contributed by atoms with E-state index in [9.17, 15) is 9.59 Å². The molecule has 124 valence electrons. The molecule has 0 spiro atoms. The Morgan fingerprint density at radius 1 is 1.19 bits per heavy atom. The number of hydrogen-bond acceptors (Lipinski definition) is 4. The van der Waals surface area contributed by atoms with Gasteiger partial charge in [-0.25, -0.2) is 4.79 Å². The summed E-state index contributed by atoms with van der Waals surface area (Å²) in [5, 5.41) is 5.42. The maximum Gasteiger partial charge on any atom is 0.408 e. The van der Waals surface area contributed by atoms with Crippen LogP contribution in [0.2, 0.25) is 0 Å². The van der Waals surface area contributed by atoms with E-state index in [0.717, 1.165) is 6.42 Å². The molecule has 6 nitrogen and oxygen atoms in total. The van der Waals surface area contributed by atoms with Crippen LogP contribution in [0.15, 0.2) is 0 Å². The second-order valence-corrected chi connectivity index (χ2v) is 6.21. The Balaban J connectivity index is 4.28. The summed E-state index contributed by atoms with van der Waals surface area (Å²) in [7, 11) is 0. The molecule has 0 aromatic heterocycles. The molecule has 0 heterocycles. The monoisotopic (exact) mass is 302 g/mol. The summed E-state index contributed by atoms with van der Waals surface area (Å²) in [5.74, 6) is -0.225. The maximum atomic E-state index is 12.1. The van der Waals surface area contributed by atoms with E-state index in [4.69, 9.17) is 9.47 Å². The number of hydrogen-bond donors (Lipinski definition) is 2. The first-order chi connectivity index (χ1) is 9.67. The molecule has 0 aliphatic rings.